The second-order valence-electron chi connectivity index (χ2n) is 5.30. The van der Waals surface area contributed by atoms with E-state index >= 15 is 0 Å². The van der Waals surface area contributed by atoms with Crippen LogP contribution in [0.1, 0.15) is 29.6 Å². The van der Waals surface area contributed by atoms with Crippen LogP contribution in [0.25, 0.3) is 5.65 Å². The van der Waals surface area contributed by atoms with Crippen LogP contribution in [0.2, 0.25) is 0 Å². The summed E-state index contributed by atoms with van der Waals surface area (Å²) in [5.74, 6) is 0. The summed E-state index contributed by atoms with van der Waals surface area (Å²) < 4.78 is 4.03. The number of aromatic nitrogens is 4. The molecule has 0 aliphatic heterocycles. The molecule has 0 unspecified atom stereocenters. The van der Waals surface area contributed by atoms with Gasteiger partial charge in [0.25, 0.3) is 0 Å². The van der Waals surface area contributed by atoms with E-state index in [0.717, 1.165) is 30.9 Å². The first-order chi connectivity index (χ1) is 10.2. The maximum absolute atomic E-state index is 4.58. The molecule has 110 valence electrons. The standard InChI is InChI=1S/C16H21N5/c1-4-14-13(11-20(3)19-14)9-17-10-15-12(2)18-16-7-5-6-8-21(15)16/h5-8,11,17H,4,9-10H2,1-3H3. The van der Waals surface area contributed by atoms with Crippen LogP contribution in [-0.2, 0) is 26.6 Å². The molecule has 0 aliphatic carbocycles. The first-order valence-electron chi connectivity index (χ1n) is 7.33. The minimum Gasteiger partial charge on any atom is -0.307 e. The fourth-order valence-electron chi connectivity index (χ4n) is 2.72. The van der Waals surface area contributed by atoms with E-state index in [-0.39, 0.29) is 0 Å². The van der Waals surface area contributed by atoms with Crippen molar-refractivity contribution >= 4 is 5.65 Å². The van der Waals surface area contributed by atoms with E-state index in [4.69, 9.17) is 0 Å². The number of imidazole rings is 1. The third-order valence-corrected chi connectivity index (χ3v) is 3.76. The lowest BCUT2D eigenvalue weighted by Crippen LogP contribution is -2.15. The lowest BCUT2D eigenvalue weighted by Gasteiger charge is -2.06. The van der Waals surface area contributed by atoms with Crippen LogP contribution in [-0.4, -0.2) is 19.2 Å². The molecule has 21 heavy (non-hydrogen) atoms. The molecule has 0 fully saturated rings. The lowest BCUT2D eigenvalue weighted by atomic mass is 10.2. The second-order valence-corrected chi connectivity index (χ2v) is 5.30. The van der Waals surface area contributed by atoms with Crippen molar-refractivity contribution < 1.29 is 0 Å². The van der Waals surface area contributed by atoms with Gasteiger partial charge in [-0.1, -0.05) is 13.0 Å². The summed E-state index contributed by atoms with van der Waals surface area (Å²) in [5, 5.41) is 7.98. The molecule has 3 heterocycles. The maximum Gasteiger partial charge on any atom is 0.137 e. The Hall–Kier alpha value is -2.14. The Kier molecular flexibility index (Phi) is 3.75. The summed E-state index contributed by atoms with van der Waals surface area (Å²) in [6.45, 7) is 5.83. The van der Waals surface area contributed by atoms with Gasteiger partial charge in [0.2, 0.25) is 0 Å². The minimum atomic E-state index is 0.801. The lowest BCUT2D eigenvalue weighted by molar-refractivity contribution is 0.668. The molecule has 0 saturated carbocycles. The van der Waals surface area contributed by atoms with Gasteiger partial charge in [0.1, 0.15) is 5.65 Å². The second kappa shape index (κ2) is 5.69. The van der Waals surface area contributed by atoms with E-state index in [1.807, 2.05) is 29.9 Å². The van der Waals surface area contributed by atoms with E-state index in [9.17, 15) is 0 Å². The van der Waals surface area contributed by atoms with Crippen LogP contribution in [0.3, 0.4) is 0 Å². The van der Waals surface area contributed by atoms with Gasteiger partial charge in [-0.15, -0.1) is 0 Å². The van der Waals surface area contributed by atoms with Gasteiger partial charge in [0.05, 0.1) is 17.1 Å². The van der Waals surface area contributed by atoms with Crippen molar-refractivity contribution in [2.75, 3.05) is 0 Å². The summed E-state index contributed by atoms with van der Waals surface area (Å²) in [4.78, 5) is 4.58. The highest BCUT2D eigenvalue weighted by atomic mass is 15.3. The normalized spacial score (nSPS) is 11.4. The summed E-state index contributed by atoms with van der Waals surface area (Å²) >= 11 is 0. The Morgan fingerprint density at radius 1 is 1.24 bits per heavy atom. The SMILES string of the molecule is CCc1nn(C)cc1CNCc1c(C)nc2ccccn12. The van der Waals surface area contributed by atoms with Crippen LogP contribution in [0.5, 0.6) is 0 Å². The van der Waals surface area contributed by atoms with Crippen LogP contribution < -0.4 is 5.32 Å². The zero-order valence-electron chi connectivity index (χ0n) is 12.8. The molecular weight excluding hydrogens is 262 g/mol. The van der Waals surface area contributed by atoms with E-state index < -0.39 is 0 Å². The molecule has 5 heteroatoms. The third-order valence-electron chi connectivity index (χ3n) is 3.76. The zero-order valence-corrected chi connectivity index (χ0v) is 12.8. The number of hydrogen-bond donors (Lipinski definition) is 1. The summed E-state index contributed by atoms with van der Waals surface area (Å²) in [7, 11) is 1.97. The highest BCUT2D eigenvalue weighted by Crippen LogP contribution is 2.12. The number of hydrogen-bond acceptors (Lipinski definition) is 3. The molecule has 0 aromatic carbocycles. The van der Waals surface area contributed by atoms with E-state index in [1.165, 1.54) is 17.0 Å². The van der Waals surface area contributed by atoms with Gasteiger partial charge in [-0.3, -0.25) is 4.68 Å². The predicted octanol–water partition coefficient (Wildman–Crippen LogP) is 2.23. The van der Waals surface area contributed by atoms with Crippen molar-refractivity contribution in [2.24, 2.45) is 7.05 Å². The highest BCUT2D eigenvalue weighted by Gasteiger charge is 2.09. The predicted molar refractivity (Wildman–Crippen MR) is 83.1 cm³/mol. The average molecular weight is 283 g/mol. The molecule has 0 saturated heterocycles. The van der Waals surface area contributed by atoms with Gasteiger partial charge in [-0.05, 0) is 25.5 Å². The number of fused-ring (bicyclic) bond motifs is 1. The quantitative estimate of drug-likeness (QED) is 0.781. The van der Waals surface area contributed by atoms with Crippen molar-refractivity contribution in [3.05, 3.63) is 53.2 Å². The molecule has 0 atom stereocenters. The molecular formula is C16H21N5. The Bertz CT molecular complexity index is 753. The Morgan fingerprint density at radius 3 is 2.90 bits per heavy atom. The summed E-state index contributed by atoms with van der Waals surface area (Å²) in [5.41, 5.74) is 5.73. The number of pyridine rings is 1. The smallest absolute Gasteiger partial charge is 0.137 e. The average Bonchev–Trinajstić information content (AvgIpc) is 2.99. The first-order valence-corrected chi connectivity index (χ1v) is 7.33. The van der Waals surface area contributed by atoms with Crippen LogP contribution in [0.4, 0.5) is 0 Å². The number of nitrogens with zero attached hydrogens (tertiary/aromatic N) is 4. The molecule has 1 N–H and O–H groups in total. The van der Waals surface area contributed by atoms with E-state index in [1.54, 1.807) is 0 Å². The topological polar surface area (TPSA) is 47.2 Å². The Labute approximate surface area is 124 Å². The molecule has 0 amide bonds. The monoisotopic (exact) mass is 283 g/mol. The van der Waals surface area contributed by atoms with Gasteiger partial charge in [-0.25, -0.2) is 4.98 Å². The summed E-state index contributed by atoms with van der Waals surface area (Å²) in [6, 6.07) is 6.09. The van der Waals surface area contributed by atoms with Gasteiger partial charge in [-0.2, -0.15) is 5.10 Å². The largest absolute Gasteiger partial charge is 0.307 e. The fourth-order valence-corrected chi connectivity index (χ4v) is 2.72. The third kappa shape index (κ3) is 2.69. The van der Waals surface area contributed by atoms with Crippen molar-refractivity contribution in [1.29, 1.82) is 0 Å². The zero-order chi connectivity index (χ0) is 14.8. The highest BCUT2D eigenvalue weighted by molar-refractivity contribution is 5.42. The molecule has 0 bridgehead atoms. The number of nitrogens with one attached hydrogen (secondary N) is 1. The number of rotatable bonds is 5. The van der Waals surface area contributed by atoms with Crippen molar-refractivity contribution in [3.8, 4) is 0 Å². The van der Waals surface area contributed by atoms with Crippen molar-refractivity contribution in [2.45, 2.75) is 33.4 Å². The molecule has 0 radical (unpaired) electrons. The minimum absolute atomic E-state index is 0.801. The van der Waals surface area contributed by atoms with Gasteiger partial charge >= 0.3 is 0 Å². The molecule has 0 aliphatic rings. The van der Waals surface area contributed by atoms with Crippen LogP contribution in [0, 0.1) is 6.92 Å². The summed E-state index contributed by atoms with van der Waals surface area (Å²) in [6.07, 6.45) is 5.12. The molecule has 0 spiro atoms. The Balaban J connectivity index is 1.73. The van der Waals surface area contributed by atoms with Crippen molar-refractivity contribution in [3.63, 3.8) is 0 Å². The van der Waals surface area contributed by atoms with E-state index in [0.29, 0.717) is 0 Å². The number of aryl methyl sites for hydroxylation is 3. The van der Waals surface area contributed by atoms with Crippen LogP contribution >= 0.6 is 0 Å². The first kappa shape index (κ1) is 13.8. The van der Waals surface area contributed by atoms with E-state index in [2.05, 4.69) is 46.0 Å². The van der Waals surface area contributed by atoms with Crippen molar-refractivity contribution in [1.82, 2.24) is 24.5 Å². The Morgan fingerprint density at radius 2 is 2.10 bits per heavy atom. The van der Waals surface area contributed by atoms with Gasteiger partial charge < -0.3 is 9.72 Å². The van der Waals surface area contributed by atoms with Gasteiger partial charge in [0.15, 0.2) is 0 Å². The van der Waals surface area contributed by atoms with Gasteiger partial charge in [0, 0.05) is 38.1 Å². The molecule has 3 aromatic heterocycles. The molecule has 3 rings (SSSR count). The molecule has 5 nitrogen and oxygen atoms in total. The fraction of sp³-hybridized carbons (Fsp3) is 0.375. The maximum atomic E-state index is 4.58. The van der Waals surface area contributed by atoms with Crippen LogP contribution in [0.15, 0.2) is 30.6 Å². The molecule has 3 aromatic rings.